The first kappa shape index (κ1) is 14.8. The highest BCUT2D eigenvalue weighted by Gasteiger charge is 2.25. The molecule has 0 bridgehead atoms. The summed E-state index contributed by atoms with van der Waals surface area (Å²) in [6, 6.07) is 0.302. The van der Waals surface area contributed by atoms with Crippen molar-refractivity contribution in [2.45, 2.75) is 32.7 Å². The van der Waals surface area contributed by atoms with Crippen molar-refractivity contribution in [3.8, 4) is 0 Å². The van der Waals surface area contributed by atoms with Crippen LogP contribution in [-0.2, 0) is 4.79 Å². The van der Waals surface area contributed by atoms with Gasteiger partial charge in [-0.3, -0.25) is 9.69 Å². The van der Waals surface area contributed by atoms with Crippen molar-refractivity contribution in [3.63, 3.8) is 0 Å². The fourth-order valence-electron chi connectivity index (χ4n) is 2.20. The number of aliphatic carboxylic acids is 1. The third kappa shape index (κ3) is 4.52. The first-order valence-corrected chi connectivity index (χ1v) is 6.53. The topological polar surface area (TPSA) is 72.9 Å². The van der Waals surface area contributed by atoms with Crippen molar-refractivity contribution in [2.75, 3.05) is 32.7 Å². The molecule has 104 valence electrons. The molecule has 1 aliphatic rings. The fourth-order valence-corrected chi connectivity index (χ4v) is 2.20. The molecule has 1 aliphatic heterocycles. The molecule has 1 fully saturated rings. The lowest BCUT2D eigenvalue weighted by molar-refractivity contribution is -0.137. The molecule has 2 N–H and O–H groups in total. The molecule has 0 aromatic carbocycles. The summed E-state index contributed by atoms with van der Waals surface area (Å²) in [5.41, 5.74) is 0. The Labute approximate surface area is 108 Å². The molecule has 1 atom stereocenters. The zero-order valence-corrected chi connectivity index (χ0v) is 11.2. The van der Waals surface area contributed by atoms with Crippen LogP contribution in [0.4, 0.5) is 4.79 Å². The van der Waals surface area contributed by atoms with Crippen LogP contribution in [0.3, 0.4) is 0 Å². The van der Waals surface area contributed by atoms with Crippen LogP contribution in [0.25, 0.3) is 0 Å². The Kier molecular flexibility index (Phi) is 5.91. The Balaban J connectivity index is 2.24. The third-order valence-electron chi connectivity index (χ3n) is 3.30. The average Bonchev–Trinajstić information content (AvgIpc) is 2.34. The normalized spacial score (nSPS) is 20.8. The van der Waals surface area contributed by atoms with Crippen LogP contribution in [-0.4, -0.2) is 65.7 Å². The summed E-state index contributed by atoms with van der Waals surface area (Å²) >= 11 is 0. The first-order valence-electron chi connectivity index (χ1n) is 6.53. The lowest BCUT2D eigenvalue weighted by Gasteiger charge is -2.39. The van der Waals surface area contributed by atoms with E-state index in [1.165, 1.54) is 0 Å². The number of carbonyl (C=O) groups is 2. The van der Waals surface area contributed by atoms with E-state index in [4.69, 9.17) is 5.11 Å². The quantitative estimate of drug-likeness (QED) is 0.707. The maximum absolute atomic E-state index is 11.8. The van der Waals surface area contributed by atoms with Gasteiger partial charge in [-0.15, -0.1) is 0 Å². The number of carboxylic acids is 1. The van der Waals surface area contributed by atoms with Crippen molar-refractivity contribution in [1.29, 1.82) is 0 Å². The Hall–Kier alpha value is -1.30. The minimum absolute atomic E-state index is 0.0806. The van der Waals surface area contributed by atoms with Gasteiger partial charge in [0.15, 0.2) is 0 Å². The maximum atomic E-state index is 11.8. The van der Waals surface area contributed by atoms with E-state index >= 15 is 0 Å². The summed E-state index contributed by atoms with van der Waals surface area (Å²) in [5, 5.41) is 11.3. The van der Waals surface area contributed by atoms with E-state index in [2.05, 4.69) is 24.1 Å². The molecule has 0 aliphatic carbocycles. The van der Waals surface area contributed by atoms with Gasteiger partial charge in [-0.05, 0) is 19.9 Å². The summed E-state index contributed by atoms with van der Waals surface area (Å²) in [4.78, 5) is 26.3. The van der Waals surface area contributed by atoms with Crippen molar-refractivity contribution in [3.05, 3.63) is 0 Å². The molecule has 6 nitrogen and oxygen atoms in total. The molecular formula is C12H23N3O3. The van der Waals surface area contributed by atoms with E-state index < -0.39 is 5.97 Å². The Morgan fingerprint density at radius 1 is 1.39 bits per heavy atom. The highest BCUT2D eigenvalue weighted by atomic mass is 16.4. The van der Waals surface area contributed by atoms with E-state index in [-0.39, 0.29) is 12.5 Å². The summed E-state index contributed by atoms with van der Waals surface area (Å²) in [6.45, 7) is 8.05. The second-order valence-electron chi connectivity index (χ2n) is 4.65. The Morgan fingerprint density at radius 2 is 2.11 bits per heavy atom. The molecule has 0 aromatic heterocycles. The van der Waals surface area contributed by atoms with Crippen LogP contribution in [0.1, 0.15) is 26.7 Å². The molecule has 0 saturated carbocycles. The number of rotatable bonds is 5. The Bertz CT molecular complexity index is 296. The van der Waals surface area contributed by atoms with Gasteiger partial charge in [0.25, 0.3) is 0 Å². The number of likely N-dealkylation sites (N-methyl/N-ethyl adjacent to an activating group) is 1. The molecular weight excluding hydrogens is 234 g/mol. The van der Waals surface area contributed by atoms with Crippen LogP contribution in [0, 0.1) is 0 Å². The number of carbonyl (C=O) groups excluding carboxylic acids is 1. The second kappa shape index (κ2) is 7.20. The molecule has 1 rings (SSSR count). The summed E-state index contributed by atoms with van der Waals surface area (Å²) in [5.74, 6) is -0.825. The van der Waals surface area contributed by atoms with Crippen LogP contribution in [0.2, 0.25) is 0 Å². The van der Waals surface area contributed by atoms with Crippen molar-refractivity contribution >= 4 is 12.0 Å². The van der Waals surface area contributed by atoms with Gasteiger partial charge in [-0.25, -0.2) is 4.79 Å². The fraction of sp³-hybridized carbons (Fsp3) is 0.833. The van der Waals surface area contributed by atoms with E-state index in [0.717, 1.165) is 26.2 Å². The van der Waals surface area contributed by atoms with Crippen LogP contribution >= 0.6 is 0 Å². The number of amides is 2. The standard InChI is InChI=1S/C12H23N3O3/c1-3-14-7-8-15(9-10(14)2)12(18)13-6-4-5-11(16)17/h10H,3-9H2,1-2H3,(H,13,18)(H,16,17). The largest absolute Gasteiger partial charge is 0.481 e. The lowest BCUT2D eigenvalue weighted by Crippen LogP contribution is -2.55. The molecule has 6 heteroatoms. The van der Waals surface area contributed by atoms with Crippen molar-refractivity contribution < 1.29 is 14.7 Å². The number of hydrogen-bond acceptors (Lipinski definition) is 3. The van der Waals surface area contributed by atoms with Crippen LogP contribution in [0.5, 0.6) is 0 Å². The van der Waals surface area contributed by atoms with Gasteiger partial charge in [-0.1, -0.05) is 6.92 Å². The lowest BCUT2D eigenvalue weighted by atomic mass is 10.2. The number of piperazine rings is 1. The summed E-state index contributed by atoms with van der Waals surface area (Å²) in [7, 11) is 0. The zero-order chi connectivity index (χ0) is 13.5. The van der Waals surface area contributed by atoms with Gasteiger partial charge >= 0.3 is 12.0 Å². The first-order chi connectivity index (χ1) is 8.54. The van der Waals surface area contributed by atoms with E-state index in [1.807, 2.05) is 0 Å². The van der Waals surface area contributed by atoms with Gasteiger partial charge in [-0.2, -0.15) is 0 Å². The van der Waals surface area contributed by atoms with Crippen LogP contribution in [0.15, 0.2) is 0 Å². The number of nitrogens with one attached hydrogen (secondary N) is 1. The zero-order valence-electron chi connectivity index (χ0n) is 11.2. The van der Waals surface area contributed by atoms with Gasteiger partial charge in [0.05, 0.1) is 0 Å². The minimum Gasteiger partial charge on any atom is -0.481 e. The molecule has 1 unspecified atom stereocenters. The second-order valence-corrected chi connectivity index (χ2v) is 4.65. The number of nitrogens with zero attached hydrogens (tertiary/aromatic N) is 2. The predicted molar refractivity (Wildman–Crippen MR) is 68.6 cm³/mol. The molecule has 1 heterocycles. The maximum Gasteiger partial charge on any atom is 0.317 e. The third-order valence-corrected chi connectivity index (χ3v) is 3.30. The van der Waals surface area contributed by atoms with Gasteiger partial charge in [0.1, 0.15) is 0 Å². The smallest absolute Gasteiger partial charge is 0.317 e. The highest BCUT2D eigenvalue weighted by molar-refractivity contribution is 5.74. The summed E-state index contributed by atoms with van der Waals surface area (Å²) < 4.78 is 0. The number of hydrogen-bond donors (Lipinski definition) is 2. The molecule has 1 saturated heterocycles. The van der Waals surface area contributed by atoms with Gasteiger partial charge < -0.3 is 15.3 Å². The molecule has 0 radical (unpaired) electrons. The van der Waals surface area contributed by atoms with E-state index in [9.17, 15) is 9.59 Å². The van der Waals surface area contributed by atoms with Crippen molar-refractivity contribution in [1.82, 2.24) is 15.1 Å². The number of urea groups is 1. The highest BCUT2D eigenvalue weighted by Crippen LogP contribution is 2.08. The monoisotopic (exact) mass is 257 g/mol. The van der Waals surface area contributed by atoms with Crippen molar-refractivity contribution in [2.24, 2.45) is 0 Å². The molecule has 2 amide bonds. The van der Waals surface area contributed by atoms with E-state index in [1.54, 1.807) is 4.90 Å². The summed E-state index contributed by atoms with van der Waals surface area (Å²) in [6.07, 6.45) is 0.575. The van der Waals surface area contributed by atoms with E-state index in [0.29, 0.717) is 19.0 Å². The predicted octanol–water partition coefficient (Wildman–Crippen LogP) is 0.587. The molecule has 0 aromatic rings. The molecule has 0 spiro atoms. The van der Waals surface area contributed by atoms with Gasteiger partial charge in [0.2, 0.25) is 0 Å². The van der Waals surface area contributed by atoms with Crippen LogP contribution < -0.4 is 5.32 Å². The van der Waals surface area contributed by atoms with Gasteiger partial charge in [0, 0.05) is 38.6 Å². The minimum atomic E-state index is -0.825. The number of carboxylic acid groups (broad SMARTS) is 1. The Morgan fingerprint density at radius 3 is 2.67 bits per heavy atom. The molecule has 18 heavy (non-hydrogen) atoms. The average molecular weight is 257 g/mol. The SMILES string of the molecule is CCN1CCN(C(=O)NCCCC(=O)O)CC1C.